The lowest BCUT2D eigenvalue weighted by atomic mass is 9.94. The van der Waals surface area contributed by atoms with Gasteiger partial charge in [0.25, 0.3) is 0 Å². The molecular weight excluding hydrogens is 292 g/mol. The number of rotatable bonds is 3. The number of hydrogen-bond acceptors (Lipinski definition) is 3. The quantitative estimate of drug-likeness (QED) is 0.925. The molecule has 1 aliphatic rings. The van der Waals surface area contributed by atoms with Crippen molar-refractivity contribution in [3.05, 3.63) is 15.9 Å². The molecule has 0 radical (unpaired) electrons. The Labute approximate surface area is 118 Å². The number of hydrogen-bond donors (Lipinski definition) is 1. The first-order chi connectivity index (χ1) is 8.49. The monoisotopic (exact) mass is 314 g/mol. The summed E-state index contributed by atoms with van der Waals surface area (Å²) in [6, 6.07) is 0.614. The van der Waals surface area contributed by atoms with Gasteiger partial charge in [-0.25, -0.2) is 0 Å². The summed E-state index contributed by atoms with van der Waals surface area (Å²) in [4.78, 5) is 2.41. The van der Waals surface area contributed by atoms with Crippen LogP contribution in [-0.2, 0) is 13.6 Å². The molecule has 2 unspecified atom stereocenters. The molecule has 2 rings (SSSR count). The molecule has 1 fully saturated rings. The van der Waals surface area contributed by atoms with E-state index in [1.165, 1.54) is 25.2 Å². The lowest BCUT2D eigenvalue weighted by Gasteiger charge is -2.35. The van der Waals surface area contributed by atoms with Crippen LogP contribution in [0.3, 0.4) is 0 Å². The average molecular weight is 315 g/mol. The molecule has 2 heterocycles. The molecule has 0 spiro atoms. The average Bonchev–Trinajstić information content (AvgIpc) is 2.53. The Bertz CT molecular complexity index is 415. The predicted octanol–water partition coefficient (Wildman–Crippen LogP) is 1.92. The Morgan fingerprint density at radius 3 is 2.72 bits per heavy atom. The maximum absolute atomic E-state index is 4.43. The van der Waals surface area contributed by atoms with E-state index in [0.29, 0.717) is 12.0 Å². The van der Waals surface area contributed by atoms with Crippen LogP contribution >= 0.6 is 15.9 Å². The zero-order valence-corrected chi connectivity index (χ0v) is 13.3. The first-order valence-electron chi connectivity index (χ1n) is 6.59. The highest BCUT2D eigenvalue weighted by atomic mass is 79.9. The van der Waals surface area contributed by atoms with Gasteiger partial charge in [-0.2, -0.15) is 5.10 Å². The molecule has 1 aromatic rings. The smallest absolute Gasteiger partial charge is 0.0739 e. The number of nitrogens with zero attached hydrogens (tertiary/aromatic N) is 3. The van der Waals surface area contributed by atoms with E-state index in [9.17, 15) is 0 Å². The van der Waals surface area contributed by atoms with Crippen molar-refractivity contribution in [2.75, 3.05) is 20.1 Å². The topological polar surface area (TPSA) is 33.1 Å². The maximum Gasteiger partial charge on any atom is 0.0739 e. The van der Waals surface area contributed by atoms with Gasteiger partial charge in [-0.3, -0.25) is 4.68 Å². The summed E-state index contributed by atoms with van der Waals surface area (Å²) in [5, 5.41) is 8.11. The van der Waals surface area contributed by atoms with E-state index in [1.807, 2.05) is 18.7 Å². The standard InChI is InChI=1S/C13H23BrN4/c1-9-8-17(3)6-5-11(9)15-7-12-13(14)10(2)16-18(12)4/h9,11,15H,5-8H2,1-4H3. The molecule has 2 atom stereocenters. The Kier molecular flexibility index (Phi) is 4.45. The van der Waals surface area contributed by atoms with Crippen molar-refractivity contribution in [3.8, 4) is 0 Å². The number of halogens is 1. The Hall–Kier alpha value is -0.390. The summed E-state index contributed by atoms with van der Waals surface area (Å²) < 4.78 is 3.10. The van der Waals surface area contributed by atoms with Crippen LogP contribution in [0, 0.1) is 12.8 Å². The Morgan fingerprint density at radius 1 is 1.44 bits per heavy atom. The van der Waals surface area contributed by atoms with Crippen LogP contribution in [-0.4, -0.2) is 40.9 Å². The fourth-order valence-electron chi connectivity index (χ4n) is 2.76. The van der Waals surface area contributed by atoms with Crippen LogP contribution in [0.4, 0.5) is 0 Å². The number of nitrogens with one attached hydrogen (secondary N) is 1. The van der Waals surface area contributed by atoms with Gasteiger partial charge >= 0.3 is 0 Å². The van der Waals surface area contributed by atoms with E-state index in [-0.39, 0.29) is 0 Å². The van der Waals surface area contributed by atoms with Crippen LogP contribution in [0.5, 0.6) is 0 Å². The van der Waals surface area contributed by atoms with Crippen molar-refractivity contribution < 1.29 is 0 Å². The first-order valence-corrected chi connectivity index (χ1v) is 7.38. The zero-order valence-electron chi connectivity index (χ0n) is 11.7. The van der Waals surface area contributed by atoms with Gasteiger partial charge < -0.3 is 10.2 Å². The predicted molar refractivity (Wildman–Crippen MR) is 77.6 cm³/mol. The fraction of sp³-hybridized carbons (Fsp3) is 0.769. The van der Waals surface area contributed by atoms with E-state index in [1.54, 1.807) is 0 Å². The second-order valence-corrected chi connectivity index (χ2v) is 6.28. The van der Waals surface area contributed by atoms with Crippen molar-refractivity contribution in [1.29, 1.82) is 0 Å². The highest BCUT2D eigenvalue weighted by Crippen LogP contribution is 2.21. The molecule has 0 amide bonds. The minimum atomic E-state index is 0.614. The van der Waals surface area contributed by atoms with E-state index >= 15 is 0 Å². The summed E-state index contributed by atoms with van der Waals surface area (Å²) in [7, 11) is 4.21. The van der Waals surface area contributed by atoms with E-state index in [0.717, 1.165) is 16.7 Å². The van der Waals surface area contributed by atoms with E-state index in [2.05, 4.69) is 45.2 Å². The highest BCUT2D eigenvalue weighted by Gasteiger charge is 2.24. The molecule has 1 aliphatic heterocycles. The molecule has 18 heavy (non-hydrogen) atoms. The van der Waals surface area contributed by atoms with Crippen molar-refractivity contribution in [2.24, 2.45) is 13.0 Å². The SMILES string of the molecule is Cc1nn(C)c(CNC2CCN(C)CC2C)c1Br. The van der Waals surface area contributed by atoms with Crippen LogP contribution in [0.25, 0.3) is 0 Å². The molecule has 5 heteroatoms. The molecule has 0 aromatic carbocycles. The van der Waals surface area contributed by atoms with Gasteiger partial charge in [-0.15, -0.1) is 0 Å². The summed E-state index contributed by atoms with van der Waals surface area (Å²) >= 11 is 3.62. The van der Waals surface area contributed by atoms with E-state index < -0.39 is 0 Å². The third-order valence-corrected chi connectivity index (χ3v) is 4.93. The summed E-state index contributed by atoms with van der Waals surface area (Å²) in [5.74, 6) is 0.705. The van der Waals surface area contributed by atoms with Crippen molar-refractivity contribution in [1.82, 2.24) is 20.0 Å². The normalized spacial score (nSPS) is 25.6. The fourth-order valence-corrected chi connectivity index (χ4v) is 3.23. The largest absolute Gasteiger partial charge is 0.308 e. The van der Waals surface area contributed by atoms with Gasteiger partial charge in [0.15, 0.2) is 0 Å². The van der Waals surface area contributed by atoms with Crippen LogP contribution in [0.15, 0.2) is 4.47 Å². The van der Waals surface area contributed by atoms with Crippen LogP contribution in [0.2, 0.25) is 0 Å². The molecule has 1 N–H and O–H groups in total. The molecule has 102 valence electrons. The number of aryl methyl sites for hydroxylation is 2. The maximum atomic E-state index is 4.43. The van der Waals surface area contributed by atoms with Gasteiger partial charge in [0.05, 0.1) is 15.9 Å². The van der Waals surface area contributed by atoms with Gasteiger partial charge in [-0.05, 0) is 48.8 Å². The first kappa shape index (κ1) is 14.0. The molecule has 4 nitrogen and oxygen atoms in total. The zero-order chi connectivity index (χ0) is 13.3. The Morgan fingerprint density at radius 2 is 2.17 bits per heavy atom. The number of piperidine rings is 1. The van der Waals surface area contributed by atoms with Gasteiger partial charge in [0.1, 0.15) is 0 Å². The molecule has 0 bridgehead atoms. The second kappa shape index (κ2) is 5.72. The number of likely N-dealkylation sites (tertiary alicyclic amines) is 1. The Balaban J connectivity index is 1.95. The minimum absolute atomic E-state index is 0.614. The van der Waals surface area contributed by atoms with E-state index in [4.69, 9.17) is 0 Å². The second-order valence-electron chi connectivity index (χ2n) is 5.49. The third kappa shape index (κ3) is 2.95. The lowest BCUT2D eigenvalue weighted by Crippen LogP contribution is -2.46. The van der Waals surface area contributed by atoms with Gasteiger partial charge in [-0.1, -0.05) is 6.92 Å². The van der Waals surface area contributed by atoms with Crippen molar-refractivity contribution >= 4 is 15.9 Å². The summed E-state index contributed by atoms with van der Waals surface area (Å²) in [5.41, 5.74) is 2.30. The van der Waals surface area contributed by atoms with Gasteiger partial charge in [0.2, 0.25) is 0 Å². The van der Waals surface area contributed by atoms with Crippen LogP contribution < -0.4 is 5.32 Å². The van der Waals surface area contributed by atoms with Crippen molar-refractivity contribution in [3.63, 3.8) is 0 Å². The molecule has 0 aliphatic carbocycles. The third-order valence-electron chi connectivity index (χ3n) is 3.90. The van der Waals surface area contributed by atoms with Gasteiger partial charge in [0, 0.05) is 26.2 Å². The molecule has 1 saturated heterocycles. The molecular formula is C13H23BrN4. The lowest BCUT2D eigenvalue weighted by molar-refractivity contribution is 0.173. The molecule has 0 saturated carbocycles. The highest BCUT2D eigenvalue weighted by molar-refractivity contribution is 9.10. The number of aromatic nitrogens is 2. The van der Waals surface area contributed by atoms with Crippen molar-refractivity contribution in [2.45, 2.75) is 32.9 Å². The summed E-state index contributed by atoms with van der Waals surface area (Å²) in [6.07, 6.45) is 1.23. The van der Waals surface area contributed by atoms with Crippen LogP contribution in [0.1, 0.15) is 24.7 Å². The minimum Gasteiger partial charge on any atom is -0.308 e. The summed E-state index contributed by atoms with van der Waals surface area (Å²) in [6.45, 7) is 7.62. The molecule has 1 aromatic heterocycles.